The predicted octanol–water partition coefficient (Wildman–Crippen LogP) is -1.10. The van der Waals surface area contributed by atoms with Crippen LogP contribution in [0.15, 0.2) is 12.3 Å². The summed E-state index contributed by atoms with van der Waals surface area (Å²) in [5, 5.41) is 30.4. The number of carbonyl (C=O) groups is 1. The van der Waals surface area contributed by atoms with E-state index in [1.807, 2.05) is 0 Å². The highest BCUT2D eigenvalue weighted by molar-refractivity contribution is 5.72. The SMILES string of the molecule is Cn1ccc(C(O)C(O)C(=O)O)n1. The predicted molar refractivity (Wildman–Crippen MR) is 41.8 cm³/mol. The lowest BCUT2D eigenvalue weighted by atomic mass is 10.1. The first kappa shape index (κ1) is 9.69. The van der Waals surface area contributed by atoms with Gasteiger partial charge in [-0.2, -0.15) is 5.10 Å². The second-order valence-corrected chi connectivity index (χ2v) is 2.64. The standard InChI is InChI=1S/C7H10N2O4/c1-9-3-2-4(8-9)5(10)6(11)7(12)13/h2-3,5-6,10-11H,1H3,(H,12,13). The molecule has 6 heteroatoms. The maximum Gasteiger partial charge on any atom is 0.335 e. The summed E-state index contributed by atoms with van der Waals surface area (Å²) < 4.78 is 1.41. The number of aliphatic hydroxyl groups is 2. The molecule has 72 valence electrons. The molecule has 2 unspecified atom stereocenters. The van der Waals surface area contributed by atoms with E-state index in [1.54, 1.807) is 13.2 Å². The second kappa shape index (κ2) is 3.55. The van der Waals surface area contributed by atoms with Crippen molar-refractivity contribution < 1.29 is 20.1 Å². The average molecular weight is 186 g/mol. The van der Waals surface area contributed by atoms with Crippen molar-refractivity contribution in [3.05, 3.63) is 18.0 Å². The minimum atomic E-state index is -1.84. The Labute approximate surface area is 74.0 Å². The molecule has 3 N–H and O–H groups in total. The number of carboxylic acid groups (broad SMARTS) is 1. The summed E-state index contributed by atoms with van der Waals surface area (Å²) in [5.74, 6) is -1.47. The van der Waals surface area contributed by atoms with Gasteiger partial charge in [-0.05, 0) is 6.07 Å². The first-order chi connectivity index (χ1) is 6.02. The molecule has 6 nitrogen and oxygen atoms in total. The molecule has 0 amide bonds. The van der Waals surface area contributed by atoms with Gasteiger partial charge in [0.1, 0.15) is 6.10 Å². The number of hydrogen-bond donors (Lipinski definition) is 3. The van der Waals surface area contributed by atoms with Gasteiger partial charge in [-0.15, -0.1) is 0 Å². The number of aromatic nitrogens is 2. The molecule has 0 radical (unpaired) electrons. The van der Waals surface area contributed by atoms with Crippen molar-refractivity contribution in [2.75, 3.05) is 0 Å². The third-order valence-electron chi connectivity index (χ3n) is 1.59. The average Bonchev–Trinajstić information content (AvgIpc) is 2.49. The first-order valence-corrected chi connectivity index (χ1v) is 3.61. The fraction of sp³-hybridized carbons (Fsp3) is 0.429. The molecule has 0 aliphatic heterocycles. The minimum Gasteiger partial charge on any atom is -0.479 e. The topological polar surface area (TPSA) is 95.6 Å². The molecule has 0 saturated carbocycles. The number of nitrogens with zero attached hydrogens (tertiary/aromatic N) is 2. The number of carboxylic acids is 1. The fourth-order valence-electron chi connectivity index (χ4n) is 0.888. The fourth-order valence-corrected chi connectivity index (χ4v) is 0.888. The van der Waals surface area contributed by atoms with Crippen LogP contribution in [-0.2, 0) is 11.8 Å². The molecule has 0 bridgehead atoms. The number of aliphatic hydroxyl groups excluding tert-OH is 2. The van der Waals surface area contributed by atoms with Crippen LogP contribution >= 0.6 is 0 Å². The number of aryl methyl sites for hydroxylation is 1. The molecule has 1 rings (SSSR count). The van der Waals surface area contributed by atoms with Crippen LogP contribution in [0.4, 0.5) is 0 Å². The normalized spacial score (nSPS) is 15.3. The lowest BCUT2D eigenvalue weighted by Crippen LogP contribution is -2.27. The summed E-state index contributed by atoms with van der Waals surface area (Å²) in [4.78, 5) is 10.3. The Morgan fingerprint density at radius 3 is 2.62 bits per heavy atom. The van der Waals surface area contributed by atoms with Gasteiger partial charge in [-0.1, -0.05) is 0 Å². The molecular formula is C7H10N2O4. The zero-order valence-corrected chi connectivity index (χ0v) is 6.95. The van der Waals surface area contributed by atoms with Crippen LogP contribution < -0.4 is 0 Å². The van der Waals surface area contributed by atoms with E-state index in [0.717, 1.165) is 0 Å². The van der Waals surface area contributed by atoms with Crippen LogP contribution in [0.5, 0.6) is 0 Å². The quantitative estimate of drug-likeness (QED) is 0.556. The maximum absolute atomic E-state index is 10.3. The number of hydrogen-bond acceptors (Lipinski definition) is 4. The summed E-state index contributed by atoms with van der Waals surface area (Å²) in [6, 6.07) is 1.44. The third-order valence-corrected chi connectivity index (χ3v) is 1.59. The Balaban J connectivity index is 2.78. The van der Waals surface area contributed by atoms with Gasteiger partial charge in [0.25, 0.3) is 0 Å². The van der Waals surface area contributed by atoms with Gasteiger partial charge in [0.05, 0.1) is 5.69 Å². The van der Waals surface area contributed by atoms with Crippen LogP contribution in [0.2, 0.25) is 0 Å². The van der Waals surface area contributed by atoms with E-state index in [2.05, 4.69) is 5.10 Å². The first-order valence-electron chi connectivity index (χ1n) is 3.61. The Hall–Kier alpha value is -1.40. The highest BCUT2D eigenvalue weighted by Crippen LogP contribution is 2.13. The second-order valence-electron chi connectivity index (χ2n) is 2.64. The molecule has 1 aromatic rings. The van der Waals surface area contributed by atoms with Crippen molar-refractivity contribution in [1.82, 2.24) is 9.78 Å². The van der Waals surface area contributed by atoms with E-state index in [4.69, 9.17) is 10.2 Å². The molecule has 1 aromatic heterocycles. The molecule has 0 aliphatic carbocycles. The van der Waals surface area contributed by atoms with Crippen LogP contribution in [0.25, 0.3) is 0 Å². The van der Waals surface area contributed by atoms with Crippen molar-refractivity contribution in [2.24, 2.45) is 7.05 Å². The van der Waals surface area contributed by atoms with E-state index in [9.17, 15) is 9.90 Å². The zero-order valence-electron chi connectivity index (χ0n) is 6.95. The largest absolute Gasteiger partial charge is 0.479 e. The van der Waals surface area contributed by atoms with Gasteiger partial charge >= 0.3 is 5.97 Å². The van der Waals surface area contributed by atoms with Crippen molar-refractivity contribution in [1.29, 1.82) is 0 Å². The van der Waals surface area contributed by atoms with Gasteiger partial charge in [0.15, 0.2) is 6.10 Å². The minimum absolute atomic E-state index is 0.136. The Bertz CT molecular complexity index is 309. The molecule has 0 saturated heterocycles. The van der Waals surface area contributed by atoms with E-state index < -0.39 is 18.2 Å². The summed E-state index contributed by atoms with van der Waals surface area (Å²) in [6.45, 7) is 0. The monoisotopic (exact) mass is 186 g/mol. The number of rotatable bonds is 3. The van der Waals surface area contributed by atoms with Crippen molar-refractivity contribution in [3.8, 4) is 0 Å². The van der Waals surface area contributed by atoms with E-state index in [1.165, 1.54) is 10.7 Å². The summed E-state index contributed by atoms with van der Waals surface area (Å²) >= 11 is 0. The summed E-state index contributed by atoms with van der Waals surface area (Å²) in [6.07, 6.45) is -1.78. The molecule has 1 heterocycles. The molecule has 0 fully saturated rings. The van der Waals surface area contributed by atoms with Crippen LogP contribution in [-0.4, -0.2) is 37.2 Å². The lowest BCUT2D eigenvalue weighted by molar-refractivity contribution is -0.153. The molecule has 0 aliphatic rings. The van der Waals surface area contributed by atoms with Crippen molar-refractivity contribution in [2.45, 2.75) is 12.2 Å². The molecule has 0 spiro atoms. The van der Waals surface area contributed by atoms with Crippen molar-refractivity contribution in [3.63, 3.8) is 0 Å². The van der Waals surface area contributed by atoms with Gasteiger partial charge in [0, 0.05) is 13.2 Å². The van der Waals surface area contributed by atoms with Crippen LogP contribution in [0.1, 0.15) is 11.8 Å². The number of aliphatic carboxylic acids is 1. The summed E-state index contributed by atoms with van der Waals surface area (Å²) in [7, 11) is 1.63. The van der Waals surface area contributed by atoms with Crippen LogP contribution in [0.3, 0.4) is 0 Å². The lowest BCUT2D eigenvalue weighted by Gasteiger charge is -2.10. The molecule has 2 atom stereocenters. The Morgan fingerprint density at radius 1 is 1.62 bits per heavy atom. The summed E-state index contributed by atoms with van der Waals surface area (Å²) in [5.41, 5.74) is 0.136. The van der Waals surface area contributed by atoms with E-state index in [-0.39, 0.29) is 5.69 Å². The third kappa shape index (κ3) is 2.04. The highest BCUT2D eigenvalue weighted by Gasteiger charge is 2.26. The molecular weight excluding hydrogens is 176 g/mol. The van der Waals surface area contributed by atoms with Crippen molar-refractivity contribution >= 4 is 5.97 Å². The van der Waals surface area contributed by atoms with E-state index >= 15 is 0 Å². The maximum atomic E-state index is 10.3. The van der Waals surface area contributed by atoms with Gasteiger partial charge < -0.3 is 15.3 Å². The van der Waals surface area contributed by atoms with Gasteiger partial charge in [-0.3, -0.25) is 4.68 Å². The molecule has 0 aromatic carbocycles. The van der Waals surface area contributed by atoms with E-state index in [0.29, 0.717) is 0 Å². The molecule has 13 heavy (non-hydrogen) atoms. The van der Waals surface area contributed by atoms with Crippen LogP contribution in [0, 0.1) is 0 Å². The Kier molecular flexibility index (Phi) is 2.64. The smallest absolute Gasteiger partial charge is 0.335 e. The van der Waals surface area contributed by atoms with Gasteiger partial charge in [0.2, 0.25) is 0 Å². The highest BCUT2D eigenvalue weighted by atomic mass is 16.4. The van der Waals surface area contributed by atoms with Gasteiger partial charge in [-0.25, -0.2) is 4.79 Å². The zero-order chi connectivity index (χ0) is 10.0. The Morgan fingerprint density at radius 2 is 2.23 bits per heavy atom.